The lowest BCUT2D eigenvalue weighted by atomic mass is 9.99. The Labute approximate surface area is 613 Å². The van der Waals surface area contributed by atoms with Crippen LogP contribution in [0.2, 0.25) is 0 Å². The number of phosphoric ester groups is 2. The highest BCUT2D eigenvalue weighted by molar-refractivity contribution is 7.47. The number of hydrogen-bond acceptors (Lipinski definition) is 15. The Kier molecular flexibility index (Phi) is 71.2. The Hall–Kier alpha value is -1.94. The van der Waals surface area contributed by atoms with E-state index in [1.165, 1.54) is 244 Å². The highest BCUT2D eigenvalue weighted by atomic mass is 31.2. The van der Waals surface area contributed by atoms with Gasteiger partial charge in [-0.2, -0.15) is 0 Å². The van der Waals surface area contributed by atoms with Gasteiger partial charge in [-0.15, -0.1) is 0 Å². The lowest BCUT2D eigenvalue weighted by molar-refractivity contribution is -0.161. The second-order valence-corrected chi connectivity index (χ2v) is 32.8. The van der Waals surface area contributed by atoms with Crippen molar-refractivity contribution in [2.75, 3.05) is 39.6 Å². The van der Waals surface area contributed by atoms with Gasteiger partial charge >= 0.3 is 39.5 Å². The van der Waals surface area contributed by atoms with Gasteiger partial charge in [0.1, 0.15) is 19.3 Å². The molecule has 100 heavy (non-hydrogen) atoms. The molecular weight excluding hydrogens is 1310 g/mol. The van der Waals surface area contributed by atoms with Gasteiger partial charge in [0, 0.05) is 25.7 Å². The molecule has 0 bridgehead atoms. The lowest BCUT2D eigenvalue weighted by Gasteiger charge is -2.21. The van der Waals surface area contributed by atoms with Crippen LogP contribution in [-0.2, 0) is 65.4 Å². The van der Waals surface area contributed by atoms with Crippen molar-refractivity contribution in [2.24, 2.45) is 11.8 Å². The topological polar surface area (TPSA) is 237 Å². The maximum atomic E-state index is 13.1. The van der Waals surface area contributed by atoms with E-state index in [-0.39, 0.29) is 25.7 Å². The van der Waals surface area contributed by atoms with Gasteiger partial charge in [-0.25, -0.2) is 9.13 Å². The molecule has 3 N–H and O–H groups in total. The molecule has 0 amide bonds. The van der Waals surface area contributed by atoms with Crippen molar-refractivity contribution in [1.29, 1.82) is 0 Å². The first kappa shape index (κ1) is 98.1. The van der Waals surface area contributed by atoms with E-state index in [1.807, 2.05) is 0 Å². The van der Waals surface area contributed by atoms with Crippen LogP contribution in [-0.4, -0.2) is 96.7 Å². The molecule has 0 aromatic carbocycles. The molecule has 0 fully saturated rings. The Balaban J connectivity index is 5.20. The summed E-state index contributed by atoms with van der Waals surface area (Å²) in [6.45, 7) is 9.64. The summed E-state index contributed by atoms with van der Waals surface area (Å²) in [4.78, 5) is 72.9. The molecule has 0 aromatic rings. The van der Waals surface area contributed by atoms with E-state index in [9.17, 15) is 43.2 Å². The number of hydrogen-bond donors (Lipinski definition) is 3. The lowest BCUT2D eigenvalue weighted by Crippen LogP contribution is -2.30. The minimum absolute atomic E-state index is 0.105. The Morgan fingerprint density at radius 2 is 0.510 bits per heavy atom. The monoisotopic (exact) mass is 1470 g/mol. The van der Waals surface area contributed by atoms with Crippen LogP contribution in [0.15, 0.2) is 0 Å². The number of phosphoric acid groups is 2. The summed E-state index contributed by atoms with van der Waals surface area (Å²) in [5, 5.41) is 10.6. The van der Waals surface area contributed by atoms with E-state index in [1.54, 1.807) is 0 Å². The summed E-state index contributed by atoms with van der Waals surface area (Å²) in [7, 11) is -9.92. The predicted octanol–water partition coefficient (Wildman–Crippen LogP) is 24.3. The predicted molar refractivity (Wildman–Crippen MR) is 409 cm³/mol. The number of aliphatic hydroxyl groups is 1. The molecule has 0 heterocycles. The van der Waals surface area contributed by atoms with Gasteiger partial charge in [-0.1, -0.05) is 375 Å². The molecule has 19 heteroatoms. The fraction of sp³-hybridized carbons (Fsp3) is 0.951. The van der Waals surface area contributed by atoms with E-state index in [2.05, 4.69) is 41.5 Å². The van der Waals surface area contributed by atoms with Crippen molar-refractivity contribution in [3.8, 4) is 0 Å². The molecule has 0 radical (unpaired) electrons. The molecule has 0 saturated carbocycles. The number of carbonyl (C=O) groups excluding carboxylic acids is 4. The molecule has 0 aliphatic carbocycles. The minimum atomic E-state index is -4.96. The normalized spacial score (nSPS) is 14.2. The van der Waals surface area contributed by atoms with Crippen LogP contribution in [0.1, 0.15) is 427 Å². The van der Waals surface area contributed by atoms with Gasteiger partial charge in [-0.3, -0.25) is 37.3 Å². The molecule has 594 valence electrons. The molecule has 0 saturated heterocycles. The van der Waals surface area contributed by atoms with Crippen molar-refractivity contribution < 1.29 is 80.2 Å². The molecule has 17 nitrogen and oxygen atoms in total. The van der Waals surface area contributed by atoms with Crippen molar-refractivity contribution in [3.05, 3.63) is 0 Å². The summed E-state index contributed by atoms with van der Waals surface area (Å²) in [6, 6.07) is 0. The first-order valence-electron chi connectivity index (χ1n) is 42.0. The fourth-order valence-electron chi connectivity index (χ4n) is 12.5. The molecule has 0 aliphatic rings. The summed E-state index contributed by atoms with van der Waals surface area (Å²) in [6.07, 6.45) is 62.5. The number of aliphatic hydroxyl groups excluding tert-OH is 1. The minimum Gasteiger partial charge on any atom is -0.462 e. The summed E-state index contributed by atoms with van der Waals surface area (Å²) >= 11 is 0. The van der Waals surface area contributed by atoms with Crippen LogP contribution in [0.3, 0.4) is 0 Å². The van der Waals surface area contributed by atoms with Crippen molar-refractivity contribution >= 4 is 39.5 Å². The second-order valence-electron chi connectivity index (χ2n) is 29.9. The molecule has 0 aromatic heterocycles. The summed E-state index contributed by atoms with van der Waals surface area (Å²) in [5.41, 5.74) is 0. The van der Waals surface area contributed by atoms with Gasteiger partial charge < -0.3 is 33.8 Å². The highest BCUT2D eigenvalue weighted by Gasteiger charge is 2.30. The molecule has 0 spiro atoms. The summed E-state index contributed by atoms with van der Waals surface area (Å²) in [5.74, 6) is -0.536. The molecule has 0 rings (SSSR count). The van der Waals surface area contributed by atoms with Gasteiger partial charge in [0.25, 0.3) is 0 Å². The zero-order valence-corrected chi connectivity index (χ0v) is 67.3. The number of carbonyl (C=O) groups is 4. The second kappa shape index (κ2) is 72.6. The standard InChI is InChI=1S/C81H158O17P2/c1-7-10-12-14-16-18-19-20-21-22-23-24-25-26-29-33-36-40-47-53-59-65-80(85)97-76(70-92-79(84)64-58-52-46-39-35-32-30-27-28-31-34-38-43-49-55-61-73(4)5)71-95-99(87,88)93-67-75(82)68-94-100(89,90)96-72-77(69-91-78(83)63-57-51-45-37-17-15-13-11-8-2)98-81(86)66-60-54-48-42-41-44-50-56-62-74(6)9-3/h73-77,82H,7-72H2,1-6H3,(H,87,88)(H,89,90)/t74?,75-,76-,77-/m1/s1. The molecular formula is C81H158O17P2. The maximum Gasteiger partial charge on any atom is 0.472 e. The quantitative estimate of drug-likeness (QED) is 0.0222. The van der Waals surface area contributed by atoms with Gasteiger partial charge in [0.15, 0.2) is 12.2 Å². The molecule has 6 atom stereocenters. The van der Waals surface area contributed by atoms with E-state index < -0.39 is 97.5 Å². The largest absolute Gasteiger partial charge is 0.472 e. The number of esters is 4. The van der Waals surface area contributed by atoms with Crippen LogP contribution in [0.4, 0.5) is 0 Å². The third kappa shape index (κ3) is 73.0. The Bertz CT molecular complexity index is 1930. The Morgan fingerprint density at radius 3 is 0.760 bits per heavy atom. The first-order valence-corrected chi connectivity index (χ1v) is 45.0. The number of unbranched alkanes of at least 4 members (excludes halogenated alkanes) is 49. The molecule has 3 unspecified atom stereocenters. The van der Waals surface area contributed by atoms with E-state index in [4.69, 9.17) is 37.0 Å². The van der Waals surface area contributed by atoms with E-state index in [0.29, 0.717) is 25.7 Å². The Morgan fingerprint density at radius 1 is 0.290 bits per heavy atom. The zero-order valence-electron chi connectivity index (χ0n) is 65.5. The maximum absolute atomic E-state index is 13.1. The molecule has 0 aliphatic heterocycles. The average molecular weight is 1470 g/mol. The number of ether oxygens (including phenoxy) is 4. The van der Waals surface area contributed by atoms with E-state index >= 15 is 0 Å². The zero-order chi connectivity index (χ0) is 73.5. The average Bonchev–Trinajstić information content (AvgIpc) is 1.06. The van der Waals surface area contributed by atoms with Crippen LogP contribution in [0.5, 0.6) is 0 Å². The van der Waals surface area contributed by atoms with E-state index in [0.717, 1.165) is 102 Å². The number of rotatable bonds is 80. The van der Waals surface area contributed by atoms with Crippen LogP contribution in [0, 0.1) is 11.8 Å². The highest BCUT2D eigenvalue weighted by Crippen LogP contribution is 2.45. The first-order chi connectivity index (χ1) is 48.4. The van der Waals surface area contributed by atoms with Gasteiger partial charge in [-0.05, 0) is 37.5 Å². The smallest absolute Gasteiger partial charge is 0.462 e. The fourth-order valence-corrected chi connectivity index (χ4v) is 14.1. The third-order valence-corrected chi connectivity index (χ3v) is 21.2. The SMILES string of the molecule is CCCCCCCCCCCCCCCCCCCCCCCC(=O)O[C@H](COC(=O)CCCCCCCCCCCCCCCCCC(C)C)COP(=O)(O)OC[C@@H](O)COP(=O)(O)OC[C@@H](COC(=O)CCCCCCCCCCC)OC(=O)CCCCCCCCCCC(C)CC. The van der Waals surface area contributed by atoms with Gasteiger partial charge in [0.2, 0.25) is 0 Å². The van der Waals surface area contributed by atoms with Crippen LogP contribution in [0.25, 0.3) is 0 Å². The van der Waals surface area contributed by atoms with Crippen molar-refractivity contribution in [3.63, 3.8) is 0 Å². The van der Waals surface area contributed by atoms with Crippen LogP contribution < -0.4 is 0 Å². The van der Waals surface area contributed by atoms with Crippen LogP contribution >= 0.6 is 15.6 Å². The summed E-state index contributed by atoms with van der Waals surface area (Å²) < 4.78 is 68.6. The van der Waals surface area contributed by atoms with Crippen molar-refractivity contribution in [2.45, 2.75) is 445 Å². The third-order valence-electron chi connectivity index (χ3n) is 19.3. The van der Waals surface area contributed by atoms with Gasteiger partial charge in [0.05, 0.1) is 26.4 Å². The van der Waals surface area contributed by atoms with Crippen molar-refractivity contribution in [1.82, 2.24) is 0 Å².